The van der Waals surface area contributed by atoms with Crippen molar-refractivity contribution in [1.82, 2.24) is 34.8 Å². The van der Waals surface area contributed by atoms with Crippen LogP contribution in [0.1, 0.15) is 60.6 Å². The van der Waals surface area contributed by atoms with E-state index in [9.17, 15) is 4.79 Å². The minimum Gasteiger partial charge on any atom is -0.357 e. The predicted octanol–water partition coefficient (Wildman–Crippen LogP) is 4.94. The number of para-hydroxylation sites is 2. The Labute approximate surface area is 228 Å². The van der Waals surface area contributed by atoms with Crippen molar-refractivity contribution in [3.63, 3.8) is 0 Å². The SMILES string of the molecule is CC1c2[nH]c3ccccc3c2CCN1CCc1cn(CCC(=O)N2CCc3c([nH]c4ccccc34)C2C)nn1. The second-order valence-electron chi connectivity index (χ2n) is 11.1. The number of benzene rings is 2. The van der Waals surface area contributed by atoms with Gasteiger partial charge in [-0.2, -0.15) is 0 Å². The number of nitrogens with one attached hydrogen (secondary N) is 2. The van der Waals surface area contributed by atoms with Gasteiger partial charge in [0, 0.05) is 77.9 Å². The molecule has 0 radical (unpaired) electrons. The standard InChI is InChI=1S/C31H35N7O/c1-20-30-25(23-7-3-5-9-27(23)32-30)12-16-36(20)15-11-22-19-37(35-34-22)17-14-29(39)38-18-13-26-24-8-4-6-10-28(24)33-31(26)21(38)2/h3-10,19-21,32-33H,11-18H2,1-2H3. The third kappa shape index (κ3) is 4.23. The second-order valence-corrected chi connectivity index (χ2v) is 11.1. The van der Waals surface area contributed by atoms with Gasteiger partial charge in [0.25, 0.3) is 0 Å². The highest BCUT2D eigenvalue weighted by molar-refractivity contribution is 5.86. The fraction of sp³-hybridized carbons (Fsp3) is 0.387. The van der Waals surface area contributed by atoms with Crippen LogP contribution in [0.15, 0.2) is 54.7 Å². The van der Waals surface area contributed by atoms with Crippen molar-refractivity contribution >= 4 is 27.7 Å². The Morgan fingerprint density at radius 3 is 2.23 bits per heavy atom. The summed E-state index contributed by atoms with van der Waals surface area (Å²) < 4.78 is 1.83. The van der Waals surface area contributed by atoms with Crippen molar-refractivity contribution in [2.24, 2.45) is 0 Å². The van der Waals surface area contributed by atoms with Crippen LogP contribution in [-0.4, -0.2) is 60.3 Å². The molecule has 0 bridgehead atoms. The molecule has 1 amide bonds. The van der Waals surface area contributed by atoms with E-state index in [1.807, 2.05) is 15.8 Å². The van der Waals surface area contributed by atoms with Crippen molar-refractivity contribution in [2.75, 3.05) is 19.6 Å². The van der Waals surface area contributed by atoms with Crippen molar-refractivity contribution in [3.8, 4) is 0 Å². The first-order chi connectivity index (χ1) is 19.1. The Morgan fingerprint density at radius 1 is 0.872 bits per heavy atom. The Morgan fingerprint density at radius 2 is 1.51 bits per heavy atom. The first-order valence-corrected chi connectivity index (χ1v) is 14.2. The summed E-state index contributed by atoms with van der Waals surface area (Å²) >= 11 is 0. The number of aromatic amines is 2. The maximum Gasteiger partial charge on any atom is 0.225 e. The average molecular weight is 522 g/mol. The van der Waals surface area contributed by atoms with Gasteiger partial charge in [-0.05, 0) is 49.9 Å². The van der Waals surface area contributed by atoms with Gasteiger partial charge in [0.05, 0.1) is 18.3 Å². The van der Waals surface area contributed by atoms with Gasteiger partial charge in [-0.1, -0.05) is 41.6 Å². The highest BCUT2D eigenvalue weighted by Gasteiger charge is 2.30. The molecule has 0 spiro atoms. The molecule has 5 aromatic rings. The van der Waals surface area contributed by atoms with Crippen LogP contribution in [0.3, 0.4) is 0 Å². The molecule has 2 aromatic carbocycles. The number of rotatable bonds is 6. The quantitative estimate of drug-likeness (QED) is 0.332. The number of amides is 1. The minimum absolute atomic E-state index is 0.0456. The molecule has 8 heteroatoms. The van der Waals surface area contributed by atoms with Gasteiger partial charge in [-0.25, -0.2) is 0 Å². The van der Waals surface area contributed by atoms with Crippen molar-refractivity contribution < 1.29 is 4.79 Å². The van der Waals surface area contributed by atoms with Crippen LogP contribution in [0.25, 0.3) is 21.8 Å². The van der Waals surface area contributed by atoms with Crippen LogP contribution in [0.2, 0.25) is 0 Å². The zero-order valence-corrected chi connectivity index (χ0v) is 22.7. The number of aromatic nitrogens is 5. The first-order valence-electron chi connectivity index (χ1n) is 14.2. The van der Waals surface area contributed by atoms with Crippen LogP contribution < -0.4 is 0 Å². The lowest BCUT2D eigenvalue weighted by atomic mass is 9.98. The molecule has 200 valence electrons. The Bertz CT molecular complexity index is 1660. The summed E-state index contributed by atoms with van der Waals surface area (Å²) in [7, 11) is 0. The highest BCUT2D eigenvalue weighted by Crippen LogP contribution is 2.35. The molecule has 0 saturated heterocycles. The van der Waals surface area contributed by atoms with E-state index < -0.39 is 0 Å². The van der Waals surface area contributed by atoms with E-state index in [1.165, 1.54) is 38.8 Å². The van der Waals surface area contributed by atoms with E-state index in [-0.39, 0.29) is 11.9 Å². The van der Waals surface area contributed by atoms with E-state index in [4.69, 9.17) is 0 Å². The molecule has 2 N–H and O–H groups in total. The first kappa shape index (κ1) is 24.2. The van der Waals surface area contributed by atoms with Gasteiger partial charge in [0.15, 0.2) is 0 Å². The zero-order valence-electron chi connectivity index (χ0n) is 22.7. The smallest absolute Gasteiger partial charge is 0.225 e. The third-order valence-electron chi connectivity index (χ3n) is 8.91. The van der Waals surface area contributed by atoms with E-state index in [2.05, 4.69) is 87.6 Å². The normalized spacial score (nSPS) is 19.5. The number of carbonyl (C=O) groups excluding carboxylic acids is 1. The van der Waals surface area contributed by atoms with E-state index in [1.54, 1.807) is 0 Å². The van der Waals surface area contributed by atoms with Crippen LogP contribution >= 0.6 is 0 Å². The Hall–Kier alpha value is -3.91. The van der Waals surface area contributed by atoms with E-state index in [0.717, 1.165) is 50.1 Å². The number of H-pyrrole nitrogens is 2. The molecule has 2 unspecified atom stereocenters. The summed E-state index contributed by atoms with van der Waals surface area (Å²) in [5, 5.41) is 11.4. The number of nitrogens with zero attached hydrogens (tertiary/aromatic N) is 5. The maximum absolute atomic E-state index is 13.2. The van der Waals surface area contributed by atoms with Crippen LogP contribution in [0, 0.1) is 0 Å². The molecule has 3 aromatic heterocycles. The van der Waals surface area contributed by atoms with Gasteiger partial charge in [-0.15, -0.1) is 5.10 Å². The van der Waals surface area contributed by atoms with Crippen molar-refractivity contribution in [2.45, 2.75) is 58.2 Å². The molecule has 7 rings (SSSR count). The molecule has 2 atom stereocenters. The number of carbonyl (C=O) groups is 1. The Balaban J connectivity index is 0.947. The van der Waals surface area contributed by atoms with Gasteiger partial charge in [0.1, 0.15) is 0 Å². The second kappa shape index (κ2) is 9.68. The molecular weight excluding hydrogens is 486 g/mol. The lowest BCUT2D eigenvalue weighted by Gasteiger charge is -2.33. The summed E-state index contributed by atoms with van der Waals surface area (Å²) in [6, 6.07) is 17.4. The minimum atomic E-state index is 0.0456. The number of hydrogen-bond acceptors (Lipinski definition) is 4. The van der Waals surface area contributed by atoms with Crippen LogP contribution in [0.4, 0.5) is 0 Å². The summed E-state index contributed by atoms with van der Waals surface area (Å²) in [4.78, 5) is 24.9. The number of fused-ring (bicyclic) bond motifs is 6. The summed E-state index contributed by atoms with van der Waals surface area (Å²) in [5.41, 5.74) is 8.70. The lowest BCUT2D eigenvalue weighted by molar-refractivity contribution is -0.134. The largest absolute Gasteiger partial charge is 0.357 e. The molecule has 5 heterocycles. The lowest BCUT2D eigenvalue weighted by Crippen LogP contribution is -2.39. The summed E-state index contributed by atoms with van der Waals surface area (Å²) in [5.74, 6) is 0.167. The molecule has 0 aliphatic carbocycles. The van der Waals surface area contributed by atoms with Crippen molar-refractivity contribution in [1.29, 1.82) is 0 Å². The molecule has 0 fully saturated rings. The zero-order chi connectivity index (χ0) is 26.5. The average Bonchev–Trinajstić information content (AvgIpc) is 3.67. The maximum atomic E-state index is 13.2. The van der Waals surface area contributed by atoms with Crippen LogP contribution in [0.5, 0.6) is 0 Å². The molecule has 0 saturated carbocycles. The van der Waals surface area contributed by atoms with Gasteiger partial charge in [0.2, 0.25) is 5.91 Å². The number of hydrogen-bond donors (Lipinski definition) is 2. The van der Waals surface area contributed by atoms with Crippen LogP contribution in [-0.2, 0) is 30.6 Å². The third-order valence-corrected chi connectivity index (χ3v) is 8.91. The molecular formula is C31H35N7O. The van der Waals surface area contributed by atoms with E-state index >= 15 is 0 Å². The fourth-order valence-corrected chi connectivity index (χ4v) is 6.73. The van der Waals surface area contributed by atoms with E-state index in [0.29, 0.717) is 19.0 Å². The molecule has 2 aliphatic rings. The van der Waals surface area contributed by atoms with Gasteiger partial charge in [-0.3, -0.25) is 14.4 Å². The monoisotopic (exact) mass is 521 g/mol. The highest BCUT2D eigenvalue weighted by atomic mass is 16.2. The summed E-state index contributed by atoms with van der Waals surface area (Å²) in [6.07, 6.45) is 5.23. The predicted molar refractivity (Wildman–Crippen MR) is 152 cm³/mol. The summed E-state index contributed by atoms with van der Waals surface area (Å²) in [6.45, 7) is 7.70. The van der Waals surface area contributed by atoms with Crippen molar-refractivity contribution in [3.05, 3.63) is 82.9 Å². The van der Waals surface area contributed by atoms with Gasteiger partial charge < -0.3 is 14.9 Å². The fourth-order valence-electron chi connectivity index (χ4n) is 6.73. The van der Waals surface area contributed by atoms with Gasteiger partial charge >= 0.3 is 0 Å². The number of aryl methyl sites for hydroxylation is 1. The molecule has 8 nitrogen and oxygen atoms in total. The molecule has 2 aliphatic heterocycles. The topological polar surface area (TPSA) is 85.8 Å². The Kier molecular flexibility index (Phi) is 6.00. The molecule has 39 heavy (non-hydrogen) atoms.